The highest BCUT2D eigenvalue weighted by molar-refractivity contribution is 5.99. The Morgan fingerprint density at radius 3 is 2.55 bits per heavy atom. The molecule has 2 heterocycles. The van der Waals surface area contributed by atoms with Crippen molar-refractivity contribution in [3.05, 3.63) is 47.8 Å². The molecule has 0 bridgehead atoms. The highest BCUT2D eigenvalue weighted by Gasteiger charge is 2.34. The molecule has 0 aliphatic rings. The standard InChI is InChI=1S/C15H11F3N2O2/c1-20-7-8(10-5-6-11(19-10)14(21)22)13-9(15(16,17)18)3-2-4-12(13)20/h2-7,19H,1H3,(H,21,22). The van der Waals surface area contributed by atoms with Gasteiger partial charge in [0.2, 0.25) is 0 Å². The topological polar surface area (TPSA) is 58.0 Å². The molecule has 3 rings (SSSR count). The van der Waals surface area contributed by atoms with E-state index in [0.717, 1.165) is 6.07 Å². The molecule has 0 fully saturated rings. The minimum Gasteiger partial charge on any atom is -0.477 e. The summed E-state index contributed by atoms with van der Waals surface area (Å²) < 4.78 is 41.3. The van der Waals surface area contributed by atoms with Gasteiger partial charge in [-0.15, -0.1) is 0 Å². The van der Waals surface area contributed by atoms with Crippen molar-refractivity contribution < 1.29 is 23.1 Å². The van der Waals surface area contributed by atoms with Crippen molar-refractivity contribution >= 4 is 16.9 Å². The SMILES string of the molecule is Cn1cc(-c2ccc(C(=O)O)[nH]2)c2c(C(F)(F)F)cccc21. The Morgan fingerprint density at radius 2 is 1.95 bits per heavy atom. The van der Waals surface area contributed by atoms with Crippen molar-refractivity contribution in [3.63, 3.8) is 0 Å². The van der Waals surface area contributed by atoms with Crippen molar-refractivity contribution in [1.29, 1.82) is 0 Å². The van der Waals surface area contributed by atoms with Crippen LogP contribution in [-0.2, 0) is 13.2 Å². The number of H-pyrrole nitrogens is 1. The largest absolute Gasteiger partial charge is 0.477 e. The number of nitrogens with zero attached hydrogens (tertiary/aromatic N) is 1. The third-order valence-corrected chi connectivity index (χ3v) is 3.53. The molecule has 0 aliphatic heterocycles. The number of aromatic carboxylic acids is 1. The smallest absolute Gasteiger partial charge is 0.417 e. The third-order valence-electron chi connectivity index (χ3n) is 3.53. The quantitative estimate of drug-likeness (QED) is 0.754. The Bertz CT molecular complexity index is 875. The molecular weight excluding hydrogens is 297 g/mol. The molecule has 2 aromatic heterocycles. The van der Waals surface area contributed by atoms with Crippen molar-refractivity contribution in [2.45, 2.75) is 6.18 Å². The van der Waals surface area contributed by atoms with Crippen molar-refractivity contribution in [1.82, 2.24) is 9.55 Å². The van der Waals surface area contributed by atoms with E-state index < -0.39 is 17.7 Å². The molecule has 0 atom stereocenters. The van der Waals surface area contributed by atoms with Crippen LogP contribution in [0.25, 0.3) is 22.2 Å². The van der Waals surface area contributed by atoms with E-state index in [9.17, 15) is 18.0 Å². The van der Waals surface area contributed by atoms with Crippen LogP contribution in [0.4, 0.5) is 13.2 Å². The monoisotopic (exact) mass is 308 g/mol. The first-order chi connectivity index (χ1) is 10.3. The van der Waals surface area contributed by atoms with E-state index >= 15 is 0 Å². The summed E-state index contributed by atoms with van der Waals surface area (Å²) in [7, 11) is 1.65. The van der Waals surface area contributed by atoms with Crippen LogP contribution < -0.4 is 0 Å². The third kappa shape index (κ3) is 2.14. The van der Waals surface area contributed by atoms with E-state index in [-0.39, 0.29) is 11.1 Å². The number of rotatable bonds is 2. The van der Waals surface area contributed by atoms with Crippen LogP contribution >= 0.6 is 0 Å². The van der Waals surface area contributed by atoms with Gasteiger partial charge in [0.25, 0.3) is 0 Å². The van der Waals surface area contributed by atoms with Gasteiger partial charge < -0.3 is 14.7 Å². The summed E-state index contributed by atoms with van der Waals surface area (Å²) in [6.45, 7) is 0. The van der Waals surface area contributed by atoms with Gasteiger partial charge >= 0.3 is 12.1 Å². The van der Waals surface area contributed by atoms with Gasteiger partial charge in [-0.1, -0.05) is 6.07 Å². The maximum atomic E-state index is 13.2. The lowest BCUT2D eigenvalue weighted by Crippen LogP contribution is -2.05. The van der Waals surface area contributed by atoms with Crippen molar-refractivity contribution in [2.24, 2.45) is 7.05 Å². The number of hydrogen-bond donors (Lipinski definition) is 2. The summed E-state index contributed by atoms with van der Waals surface area (Å²) in [6.07, 6.45) is -2.94. The number of hydrogen-bond acceptors (Lipinski definition) is 1. The number of carboxylic acids is 1. The Hall–Kier alpha value is -2.70. The molecule has 7 heteroatoms. The first-order valence-corrected chi connectivity index (χ1v) is 6.37. The van der Waals surface area contributed by atoms with Crippen LogP contribution in [-0.4, -0.2) is 20.6 Å². The van der Waals surface area contributed by atoms with E-state index in [1.165, 1.54) is 18.2 Å². The maximum Gasteiger partial charge on any atom is 0.417 e. The molecule has 0 aliphatic carbocycles. The number of halogens is 3. The summed E-state index contributed by atoms with van der Waals surface area (Å²) in [4.78, 5) is 13.6. The van der Waals surface area contributed by atoms with Gasteiger partial charge in [-0.2, -0.15) is 13.2 Å². The second-order valence-electron chi connectivity index (χ2n) is 4.94. The first-order valence-electron chi connectivity index (χ1n) is 6.37. The molecule has 0 unspecified atom stereocenters. The Labute approximate surface area is 122 Å². The van der Waals surface area contributed by atoms with E-state index in [1.54, 1.807) is 23.9 Å². The number of carboxylic acid groups (broad SMARTS) is 1. The molecule has 3 aromatic rings. The fraction of sp³-hybridized carbons (Fsp3) is 0.133. The minimum atomic E-state index is -4.49. The highest BCUT2D eigenvalue weighted by atomic mass is 19.4. The zero-order valence-electron chi connectivity index (χ0n) is 11.4. The van der Waals surface area contributed by atoms with Crippen LogP contribution in [0.3, 0.4) is 0 Å². The average Bonchev–Trinajstić information content (AvgIpc) is 3.03. The van der Waals surface area contributed by atoms with Gasteiger partial charge in [-0.05, 0) is 24.3 Å². The molecular formula is C15H11F3N2O2. The number of fused-ring (bicyclic) bond motifs is 1. The summed E-state index contributed by atoms with van der Waals surface area (Å²) in [5, 5.41) is 8.98. The zero-order chi connectivity index (χ0) is 16.1. The number of benzene rings is 1. The lowest BCUT2D eigenvalue weighted by molar-refractivity contribution is -0.136. The van der Waals surface area contributed by atoms with Crippen LogP contribution in [0.5, 0.6) is 0 Å². The number of carbonyl (C=O) groups is 1. The molecule has 114 valence electrons. The summed E-state index contributed by atoms with van der Waals surface area (Å²) in [5.74, 6) is -1.16. The molecule has 0 saturated carbocycles. The molecule has 4 nitrogen and oxygen atoms in total. The fourth-order valence-corrected chi connectivity index (χ4v) is 2.56. The second kappa shape index (κ2) is 4.66. The van der Waals surface area contributed by atoms with E-state index in [2.05, 4.69) is 4.98 Å². The Kier molecular flexibility index (Phi) is 3.01. The lowest BCUT2D eigenvalue weighted by atomic mass is 10.0. The number of aromatic amines is 1. The second-order valence-corrected chi connectivity index (χ2v) is 4.94. The molecule has 22 heavy (non-hydrogen) atoms. The van der Waals surface area contributed by atoms with Crippen molar-refractivity contribution in [2.75, 3.05) is 0 Å². The minimum absolute atomic E-state index is 0.0521. The van der Waals surface area contributed by atoms with Gasteiger partial charge in [0.15, 0.2) is 0 Å². The average molecular weight is 308 g/mol. The van der Waals surface area contributed by atoms with Crippen molar-refractivity contribution in [3.8, 4) is 11.3 Å². The number of aromatic nitrogens is 2. The molecule has 0 saturated heterocycles. The fourth-order valence-electron chi connectivity index (χ4n) is 2.56. The van der Waals surface area contributed by atoms with E-state index in [1.807, 2.05) is 0 Å². The van der Waals surface area contributed by atoms with Crippen LogP contribution in [0, 0.1) is 0 Å². The normalized spacial score (nSPS) is 12.0. The zero-order valence-corrected chi connectivity index (χ0v) is 11.4. The number of nitrogens with one attached hydrogen (secondary N) is 1. The van der Waals surface area contributed by atoms with Gasteiger partial charge in [-0.25, -0.2) is 4.79 Å². The van der Waals surface area contributed by atoms with Gasteiger partial charge in [0, 0.05) is 35.4 Å². The van der Waals surface area contributed by atoms with Gasteiger partial charge in [0.05, 0.1) is 5.56 Å². The van der Waals surface area contributed by atoms with Crippen LogP contribution in [0.15, 0.2) is 36.5 Å². The van der Waals surface area contributed by atoms with E-state index in [4.69, 9.17) is 5.11 Å². The summed E-state index contributed by atoms with van der Waals surface area (Å²) in [5.41, 5.74) is 0.262. The Balaban J connectivity index is 2.32. The van der Waals surface area contributed by atoms with Crippen LogP contribution in [0.1, 0.15) is 16.1 Å². The Morgan fingerprint density at radius 1 is 1.23 bits per heavy atom. The number of aryl methyl sites for hydroxylation is 1. The molecule has 0 spiro atoms. The predicted octanol–water partition coefficient (Wildman–Crippen LogP) is 3.89. The maximum absolute atomic E-state index is 13.2. The molecule has 1 aromatic carbocycles. The van der Waals surface area contributed by atoms with Gasteiger partial charge in [0.1, 0.15) is 5.69 Å². The summed E-state index contributed by atoms with van der Waals surface area (Å²) >= 11 is 0. The molecule has 0 amide bonds. The highest BCUT2D eigenvalue weighted by Crippen LogP contribution is 2.40. The molecule has 2 N–H and O–H groups in total. The first kappa shape index (κ1) is 14.2. The predicted molar refractivity (Wildman–Crippen MR) is 74.7 cm³/mol. The number of alkyl halides is 3. The van der Waals surface area contributed by atoms with Gasteiger partial charge in [-0.3, -0.25) is 0 Å². The van der Waals surface area contributed by atoms with Crippen LogP contribution in [0.2, 0.25) is 0 Å². The summed E-state index contributed by atoms with van der Waals surface area (Å²) in [6, 6.07) is 6.76. The molecule has 0 radical (unpaired) electrons. The lowest BCUT2D eigenvalue weighted by Gasteiger charge is -2.09. The van der Waals surface area contributed by atoms with E-state index in [0.29, 0.717) is 16.8 Å².